The lowest BCUT2D eigenvalue weighted by Gasteiger charge is -2.35. The normalized spacial score (nSPS) is 19.1. The summed E-state index contributed by atoms with van der Waals surface area (Å²) in [6, 6.07) is 14.7. The van der Waals surface area contributed by atoms with Gasteiger partial charge in [-0.05, 0) is 12.1 Å². The average molecular weight is 478 g/mol. The molecular formula is C27H32FN5O2. The summed E-state index contributed by atoms with van der Waals surface area (Å²) in [5.41, 5.74) is 1.60. The molecule has 184 valence electrons. The third-order valence-corrected chi connectivity index (χ3v) is 6.96. The number of aromatic nitrogens is 2. The first-order chi connectivity index (χ1) is 17.1. The zero-order valence-corrected chi connectivity index (χ0v) is 20.1. The number of hydrogen-bond donors (Lipinski definition) is 0. The Labute approximate surface area is 205 Å². The zero-order valence-electron chi connectivity index (χ0n) is 20.1. The highest BCUT2D eigenvalue weighted by Gasteiger charge is 2.27. The Morgan fingerprint density at radius 1 is 1.06 bits per heavy atom. The minimum Gasteiger partial charge on any atom is -0.484 e. The summed E-state index contributed by atoms with van der Waals surface area (Å²) in [5.74, 6) is 1.72. The number of piperazine rings is 1. The Hall–Kier alpha value is -3.23. The maximum Gasteiger partial charge on any atom is 0.223 e. The summed E-state index contributed by atoms with van der Waals surface area (Å²) in [5, 5.41) is 0. The summed E-state index contributed by atoms with van der Waals surface area (Å²) in [4.78, 5) is 23.9. The minimum absolute atomic E-state index is 0.169. The number of amides is 1. The van der Waals surface area contributed by atoms with Crippen LogP contribution in [0.15, 0.2) is 60.9 Å². The summed E-state index contributed by atoms with van der Waals surface area (Å²) in [6.45, 7) is 5.76. The molecule has 0 aliphatic carbocycles. The maximum absolute atomic E-state index is 14.6. The van der Waals surface area contributed by atoms with Gasteiger partial charge in [-0.15, -0.1) is 0 Å². The molecule has 0 radical (unpaired) electrons. The summed E-state index contributed by atoms with van der Waals surface area (Å²) in [7, 11) is 2.01. The highest BCUT2D eigenvalue weighted by molar-refractivity contribution is 5.76. The Morgan fingerprint density at radius 3 is 2.60 bits per heavy atom. The first-order valence-electron chi connectivity index (χ1n) is 12.2. The van der Waals surface area contributed by atoms with Crippen LogP contribution in [0.2, 0.25) is 0 Å². The van der Waals surface area contributed by atoms with Gasteiger partial charge in [-0.25, -0.2) is 9.37 Å². The molecule has 2 aliphatic rings. The van der Waals surface area contributed by atoms with E-state index in [9.17, 15) is 9.18 Å². The van der Waals surface area contributed by atoms with Crippen LogP contribution >= 0.6 is 0 Å². The second-order valence-corrected chi connectivity index (χ2v) is 9.33. The SMILES string of the molecule is Cn1ccnc1CN1CCN(C(=O)CCN2Cc3ccccc3O[C@H](c3ccccc3F)C2)CC1. The predicted octanol–water partition coefficient (Wildman–Crippen LogP) is 3.23. The quantitative estimate of drug-likeness (QED) is 0.546. The van der Waals surface area contributed by atoms with Crippen molar-refractivity contribution in [3.63, 3.8) is 0 Å². The van der Waals surface area contributed by atoms with Crippen molar-refractivity contribution in [2.24, 2.45) is 7.05 Å². The van der Waals surface area contributed by atoms with Gasteiger partial charge < -0.3 is 14.2 Å². The van der Waals surface area contributed by atoms with Crippen molar-refractivity contribution in [3.8, 4) is 5.75 Å². The van der Waals surface area contributed by atoms with Crippen LogP contribution in [-0.4, -0.2) is 69.4 Å². The van der Waals surface area contributed by atoms with Crippen LogP contribution in [0.3, 0.4) is 0 Å². The Bertz CT molecular complexity index is 1160. The molecule has 3 heterocycles. The van der Waals surface area contributed by atoms with Crippen LogP contribution in [0, 0.1) is 5.82 Å². The number of ether oxygens (including phenoxy) is 1. The van der Waals surface area contributed by atoms with E-state index < -0.39 is 6.10 Å². The molecule has 0 spiro atoms. The molecule has 0 unspecified atom stereocenters. The largest absolute Gasteiger partial charge is 0.484 e. The molecule has 1 atom stereocenters. The predicted molar refractivity (Wildman–Crippen MR) is 131 cm³/mol. The standard InChI is InChI=1S/C27H32FN5O2/c1-30-13-11-29-26(30)20-31-14-16-33(17-15-31)27(34)10-12-32-18-21-6-2-5-9-24(21)35-25(19-32)22-7-3-4-8-23(22)28/h2-9,11,13,25H,10,12,14-20H2,1H3/t25-/m0/s1. The number of imidazole rings is 1. The molecule has 35 heavy (non-hydrogen) atoms. The molecule has 1 aromatic heterocycles. The summed E-state index contributed by atoms with van der Waals surface area (Å²) in [6.07, 6.45) is 3.78. The van der Waals surface area contributed by atoms with E-state index in [1.54, 1.807) is 12.1 Å². The van der Waals surface area contributed by atoms with E-state index in [2.05, 4.69) is 14.8 Å². The van der Waals surface area contributed by atoms with E-state index in [1.807, 2.05) is 59.2 Å². The number of aryl methyl sites for hydroxylation is 1. The molecule has 1 fully saturated rings. The van der Waals surface area contributed by atoms with Crippen molar-refractivity contribution in [2.45, 2.75) is 25.6 Å². The van der Waals surface area contributed by atoms with Gasteiger partial charge in [-0.2, -0.15) is 0 Å². The van der Waals surface area contributed by atoms with E-state index in [0.717, 1.165) is 49.9 Å². The molecule has 5 rings (SSSR count). The van der Waals surface area contributed by atoms with E-state index in [4.69, 9.17) is 4.74 Å². The molecular weight excluding hydrogens is 445 g/mol. The molecule has 7 nitrogen and oxygen atoms in total. The van der Waals surface area contributed by atoms with Crippen LogP contribution in [-0.2, 0) is 24.9 Å². The Morgan fingerprint density at radius 2 is 1.83 bits per heavy atom. The van der Waals surface area contributed by atoms with E-state index >= 15 is 0 Å². The van der Waals surface area contributed by atoms with Crippen LogP contribution in [0.25, 0.3) is 0 Å². The third kappa shape index (κ3) is 5.55. The van der Waals surface area contributed by atoms with Gasteiger partial charge in [0.05, 0.1) is 6.54 Å². The lowest BCUT2D eigenvalue weighted by atomic mass is 10.1. The number of nitrogens with zero attached hydrogens (tertiary/aromatic N) is 5. The number of hydrogen-bond acceptors (Lipinski definition) is 5. The molecule has 1 amide bonds. The van der Waals surface area contributed by atoms with Crippen LogP contribution < -0.4 is 4.74 Å². The van der Waals surface area contributed by atoms with Gasteiger partial charge in [0.25, 0.3) is 0 Å². The minimum atomic E-state index is -0.426. The summed E-state index contributed by atoms with van der Waals surface area (Å²) >= 11 is 0. The fourth-order valence-corrected chi connectivity index (χ4v) is 4.86. The van der Waals surface area contributed by atoms with Crippen LogP contribution in [0.1, 0.15) is 29.5 Å². The molecule has 2 aliphatic heterocycles. The van der Waals surface area contributed by atoms with Crippen molar-refractivity contribution in [2.75, 3.05) is 39.3 Å². The number of carbonyl (C=O) groups excluding carboxylic acids is 1. The first kappa shape index (κ1) is 23.5. The highest BCUT2D eigenvalue weighted by Crippen LogP contribution is 2.32. The van der Waals surface area contributed by atoms with Gasteiger partial charge in [0.15, 0.2) is 0 Å². The van der Waals surface area contributed by atoms with Crippen molar-refractivity contribution in [1.82, 2.24) is 24.3 Å². The number of halogens is 1. The van der Waals surface area contributed by atoms with Crippen molar-refractivity contribution in [3.05, 3.63) is 83.7 Å². The lowest BCUT2D eigenvalue weighted by molar-refractivity contribution is -0.133. The molecule has 1 saturated heterocycles. The van der Waals surface area contributed by atoms with Gasteiger partial charge >= 0.3 is 0 Å². The molecule has 0 bridgehead atoms. The average Bonchev–Trinajstić information content (AvgIpc) is 3.17. The fourth-order valence-electron chi connectivity index (χ4n) is 4.86. The Kier molecular flexibility index (Phi) is 7.11. The van der Waals surface area contributed by atoms with Gasteiger partial charge in [0, 0.05) is 82.8 Å². The van der Waals surface area contributed by atoms with Gasteiger partial charge in [0.2, 0.25) is 5.91 Å². The second-order valence-electron chi connectivity index (χ2n) is 9.33. The zero-order chi connectivity index (χ0) is 24.2. The molecule has 0 N–H and O–H groups in total. The number of carbonyl (C=O) groups is 1. The van der Waals surface area contributed by atoms with Crippen molar-refractivity contribution in [1.29, 1.82) is 0 Å². The number of rotatable bonds is 6. The smallest absolute Gasteiger partial charge is 0.223 e. The molecule has 2 aromatic carbocycles. The van der Waals surface area contributed by atoms with Gasteiger partial charge in [0.1, 0.15) is 23.5 Å². The Balaban J connectivity index is 1.19. The topological polar surface area (TPSA) is 53.8 Å². The van der Waals surface area contributed by atoms with Crippen molar-refractivity contribution >= 4 is 5.91 Å². The lowest BCUT2D eigenvalue weighted by Crippen LogP contribution is -2.49. The van der Waals surface area contributed by atoms with Crippen LogP contribution in [0.5, 0.6) is 5.75 Å². The van der Waals surface area contributed by atoms with E-state index in [0.29, 0.717) is 31.6 Å². The summed E-state index contributed by atoms with van der Waals surface area (Å²) < 4.78 is 22.9. The first-order valence-corrected chi connectivity index (χ1v) is 12.2. The van der Waals surface area contributed by atoms with Gasteiger partial charge in [-0.3, -0.25) is 14.6 Å². The maximum atomic E-state index is 14.6. The van der Waals surface area contributed by atoms with E-state index in [-0.39, 0.29) is 11.7 Å². The fraction of sp³-hybridized carbons (Fsp3) is 0.407. The number of benzene rings is 2. The molecule has 3 aromatic rings. The number of para-hydroxylation sites is 1. The number of fused-ring (bicyclic) bond motifs is 1. The monoisotopic (exact) mass is 477 g/mol. The van der Waals surface area contributed by atoms with Crippen LogP contribution in [0.4, 0.5) is 4.39 Å². The highest BCUT2D eigenvalue weighted by atomic mass is 19.1. The van der Waals surface area contributed by atoms with Gasteiger partial charge in [-0.1, -0.05) is 36.4 Å². The molecule has 8 heteroatoms. The van der Waals surface area contributed by atoms with E-state index in [1.165, 1.54) is 6.07 Å². The molecule has 0 saturated carbocycles. The second kappa shape index (κ2) is 10.6. The third-order valence-electron chi connectivity index (χ3n) is 6.96. The van der Waals surface area contributed by atoms with Crippen molar-refractivity contribution < 1.29 is 13.9 Å².